The van der Waals surface area contributed by atoms with Crippen molar-refractivity contribution in [2.75, 3.05) is 13.7 Å². The Bertz CT molecular complexity index is 341. The second-order valence-corrected chi connectivity index (χ2v) is 4.70. The molecule has 0 aliphatic carbocycles. The van der Waals surface area contributed by atoms with Crippen LogP contribution in [0.15, 0.2) is 18.2 Å². The molecule has 2 N–H and O–H groups in total. The molecule has 0 bridgehead atoms. The molecule has 0 saturated carbocycles. The van der Waals surface area contributed by atoms with Crippen molar-refractivity contribution in [2.45, 2.75) is 26.3 Å². The van der Waals surface area contributed by atoms with Crippen LogP contribution in [0.1, 0.15) is 30.5 Å². The molecule has 2 unspecified atom stereocenters. The number of benzene rings is 1. The highest BCUT2D eigenvalue weighted by Crippen LogP contribution is 2.26. The molecule has 0 saturated heterocycles. The lowest BCUT2D eigenvalue weighted by atomic mass is 9.92. The second-order valence-electron chi connectivity index (χ2n) is 4.29. The molecule has 0 aromatic heterocycles. The molecule has 90 valence electrons. The van der Waals surface area contributed by atoms with Crippen LogP contribution in [0.5, 0.6) is 0 Å². The Balaban J connectivity index is 2.71. The maximum absolute atomic E-state index is 6.18. The maximum Gasteiger partial charge on any atom is 0.0465 e. The minimum absolute atomic E-state index is 0.0215. The standard InChI is InChI=1S/C13H20ClNO/c1-9-4-5-11(8-12(9)14)13(15)10(2)6-7-16-3/h4-5,8,10,13H,6-7,15H2,1-3H3. The van der Waals surface area contributed by atoms with Crippen LogP contribution in [0.25, 0.3) is 0 Å². The summed E-state index contributed by atoms with van der Waals surface area (Å²) in [6, 6.07) is 6.05. The van der Waals surface area contributed by atoms with Gasteiger partial charge in [0.2, 0.25) is 0 Å². The van der Waals surface area contributed by atoms with Gasteiger partial charge in [0, 0.05) is 24.8 Å². The van der Waals surface area contributed by atoms with E-state index in [0.717, 1.165) is 29.2 Å². The Morgan fingerprint density at radius 3 is 2.69 bits per heavy atom. The van der Waals surface area contributed by atoms with Crippen LogP contribution in [0, 0.1) is 12.8 Å². The van der Waals surface area contributed by atoms with Crippen LogP contribution in [0.2, 0.25) is 5.02 Å². The van der Waals surface area contributed by atoms with Gasteiger partial charge in [-0.05, 0) is 36.5 Å². The van der Waals surface area contributed by atoms with Crippen molar-refractivity contribution in [3.63, 3.8) is 0 Å². The molecular formula is C13H20ClNO. The molecule has 0 spiro atoms. The molecule has 1 aromatic rings. The van der Waals surface area contributed by atoms with E-state index in [1.54, 1.807) is 7.11 Å². The highest BCUT2D eigenvalue weighted by molar-refractivity contribution is 6.31. The van der Waals surface area contributed by atoms with Crippen LogP contribution in [0.4, 0.5) is 0 Å². The number of ether oxygens (including phenoxy) is 1. The molecule has 1 aromatic carbocycles. The highest BCUT2D eigenvalue weighted by atomic mass is 35.5. The predicted molar refractivity (Wildman–Crippen MR) is 68.8 cm³/mol. The number of aryl methyl sites for hydroxylation is 1. The number of halogens is 1. The van der Waals surface area contributed by atoms with E-state index in [9.17, 15) is 0 Å². The van der Waals surface area contributed by atoms with E-state index < -0.39 is 0 Å². The van der Waals surface area contributed by atoms with Gasteiger partial charge < -0.3 is 10.5 Å². The number of hydrogen-bond acceptors (Lipinski definition) is 2. The molecular weight excluding hydrogens is 222 g/mol. The summed E-state index contributed by atoms with van der Waals surface area (Å²) in [6.07, 6.45) is 0.961. The van der Waals surface area contributed by atoms with Gasteiger partial charge in [0.15, 0.2) is 0 Å². The van der Waals surface area contributed by atoms with Crippen LogP contribution in [0.3, 0.4) is 0 Å². The molecule has 3 heteroatoms. The third-order valence-electron chi connectivity index (χ3n) is 2.97. The second kappa shape index (κ2) is 6.24. The number of methoxy groups -OCH3 is 1. The molecule has 2 nitrogen and oxygen atoms in total. The van der Waals surface area contributed by atoms with Crippen molar-refractivity contribution in [3.8, 4) is 0 Å². The number of rotatable bonds is 5. The lowest BCUT2D eigenvalue weighted by molar-refractivity contribution is 0.174. The van der Waals surface area contributed by atoms with Crippen molar-refractivity contribution < 1.29 is 4.74 Å². The lowest BCUT2D eigenvalue weighted by Crippen LogP contribution is -2.20. The molecule has 2 atom stereocenters. The Hall–Kier alpha value is -0.570. The van der Waals surface area contributed by atoms with Crippen LogP contribution in [-0.4, -0.2) is 13.7 Å². The van der Waals surface area contributed by atoms with Gasteiger partial charge in [-0.15, -0.1) is 0 Å². The van der Waals surface area contributed by atoms with Crippen molar-refractivity contribution in [3.05, 3.63) is 34.3 Å². The molecule has 0 amide bonds. The third-order valence-corrected chi connectivity index (χ3v) is 3.38. The smallest absolute Gasteiger partial charge is 0.0465 e. The first-order valence-corrected chi connectivity index (χ1v) is 5.94. The summed E-state index contributed by atoms with van der Waals surface area (Å²) in [5.41, 5.74) is 8.37. The fraction of sp³-hybridized carbons (Fsp3) is 0.538. The highest BCUT2D eigenvalue weighted by Gasteiger charge is 2.15. The topological polar surface area (TPSA) is 35.2 Å². The molecule has 0 heterocycles. The van der Waals surface area contributed by atoms with Crippen LogP contribution < -0.4 is 5.73 Å². The fourth-order valence-corrected chi connectivity index (χ4v) is 1.82. The third kappa shape index (κ3) is 3.48. The first kappa shape index (κ1) is 13.5. The van der Waals surface area contributed by atoms with Gasteiger partial charge in [-0.2, -0.15) is 0 Å². The Morgan fingerprint density at radius 1 is 1.44 bits per heavy atom. The number of hydrogen-bond donors (Lipinski definition) is 1. The number of nitrogens with two attached hydrogens (primary N) is 1. The maximum atomic E-state index is 6.18. The Labute approximate surface area is 103 Å². The van der Waals surface area contributed by atoms with Gasteiger partial charge >= 0.3 is 0 Å². The van der Waals surface area contributed by atoms with E-state index in [4.69, 9.17) is 22.1 Å². The van der Waals surface area contributed by atoms with Crippen molar-refractivity contribution in [1.82, 2.24) is 0 Å². The minimum atomic E-state index is 0.0215. The van der Waals surface area contributed by atoms with Gasteiger partial charge in [0.1, 0.15) is 0 Å². The van der Waals surface area contributed by atoms with Crippen molar-refractivity contribution >= 4 is 11.6 Å². The minimum Gasteiger partial charge on any atom is -0.385 e. The van der Waals surface area contributed by atoms with Gasteiger partial charge in [0.25, 0.3) is 0 Å². The monoisotopic (exact) mass is 241 g/mol. The summed E-state index contributed by atoms with van der Waals surface area (Å²) >= 11 is 6.09. The van der Waals surface area contributed by atoms with Gasteiger partial charge in [-0.1, -0.05) is 30.7 Å². The van der Waals surface area contributed by atoms with Gasteiger partial charge in [0.05, 0.1) is 0 Å². The first-order valence-electron chi connectivity index (χ1n) is 5.56. The zero-order valence-electron chi connectivity index (χ0n) is 10.2. The molecule has 16 heavy (non-hydrogen) atoms. The average Bonchev–Trinajstić information content (AvgIpc) is 2.28. The summed E-state index contributed by atoms with van der Waals surface area (Å²) < 4.78 is 5.06. The molecule has 1 rings (SSSR count). The predicted octanol–water partition coefficient (Wildman–Crippen LogP) is 3.32. The van der Waals surface area contributed by atoms with E-state index in [2.05, 4.69) is 13.0 Å². The van der Waals surface area contributed by atoms with Crippen LogP contribution in [-0.2, 0) is 4.74 Å². The van der Waals surface area contributed by atoms with E-state index in [1.807, 2.05) is 19.1 Å². The molecule has 0 aliphatic rings. The fourth-order valence-electron chi connectivity index (χ4n) is 1.63. The summed E-state index contributed by atoms with van der Waals surface area (Å²) in [6.45, 7) is 4.87. The summed E-state index contributed by atoms with van der Waals surface area (Å²) in [5, 5.41) is 0.784. The van der Waals surface area contributed by atoms with Crippen LogP contribution >= 0.6 is 11.6 Å². The summed E-state index contributed by atoms with van der Waals surface area (Å²) in [5.74, 6) is 0.388. The Morgan fingerprint density at radius 2 is 2.12 bits per heavy atom. The van der Waals surface area contributed by atoms with Crippen molar-refractivity contribution in [2.24, 2.45) is 11.7 Å². The molecule has 0 fully saturated rings. The lowest BCUT2D eigenvalue weighted by Gasteiger charge is -2.20. The molecule has 0 radical (unpaired) electrons. The largest absolute Gasteiger partial charge is 0.385 e. The zero-order valence-corrected chi connectivity index (χ0v) is 10.9. The van der Waals surface area contributed by atoms with Crippen molar-refractivity contribution in [1.29, 1.82) is 0 Å². The zero-order chi connectivity index (χ0) is 12.1. The summed E-state index contributed by atoms with van der Waals surface area (Å²) in [4.78, 5) is 0. The van der Waals surface area contributed by atoms with Gasteiger partial charge in [-0.25, -0.2) is 0 Å². The quantitative estimate of drug-likeness (QED) is 0.858. The van der Waals surface area contributed by atoms with E-state index in [-0.39, 0.29) is 6.04 Å². The normalized spacial score (nSPS) is 14.8. The van der Waals surface area contributed by atoms with E-state index in [0.29, 0.717) is 5.92 Å². The van der Waals surface area contributed by atoms with E-state index in [1.165, 1.54) is 0 Å². The first-order chi connectivity index (χ1) is 7.56. The SMILES string of the molecule is COCCC(C)C(N)c1ccc(C)c(Cl)c1. The summed E-state index contributed by atoms with van der Waals surface area (Å²) in [7, 11) is 1.71. The van der Waals surface area contributed by atoms with Gasteiger partial charge in [-0.3, -0.25) is 0 Å². The average molecular weight is 242 g/mol. The van der Waals surface area contributed by atoms with E-state index >= 15 is 0 Å². The molecule has 0 aliphatic heterocycles. The Kier molecular flexibility index (Phi) is 5.26.